The van der Waals surface area contributed by atoms with Crippen LogP contribution < -0.4 is 32.7 Å². The first-order chi connectivity index (χ1) is 71.1. The molecule has 0 bridgehead atoms. The van der Waals surface area contributed by atoms with E-state index >= 15 is 0 Å². The van der Waals surface area contributed by atoms with E-state index in [1.54, 1.807) is 115 Å². The number of anilines is 5. The molecule has 1 atom stereocenters. The molecule has 0 saturated heterocycles. The quantitative estimate of drug-likeness (QED) is 0.0152. The summed E-state index contributed by atoms with van der Waals surface area (Å²) in [5.74, 6) is -6.75. The second-order valence-electron chi connectivity index (χ2n) is 33.9. The number of aliphatic hydroxyl groups excluding tert-OH is 1. The lowest BCUT2D eigenvalue weighted by molar-refractivity contribution is -0.136. The average Bonchev–Trinajstić information content (AvgIpc) is 1.30. The Hall–Kier alpha value is -19.1. The third-order valence-electron chi connectivity index (χ3n) is 24.7. The van der Waals surface area contributed by atoms with Crippen molar-refractivity contribution in [3.8, 4) is 44.5 Å². The molecular weight excluding hydrogens is 1890 g/mol. The molecular formula is C118H95ClN6O22. The summed E-state index contributed by atoms with van der Waals surface area (Å²) in [7, 11) is 0. The topological polar surface area (TPSA) is 466 Å². The minimum Gasteiger partial charge on any atom is -0.481 e. The van der Waals surface area contributed by atoms with Gasteiger partial charge in [-0.1, -0.05) is 303 Å². The number of carboxylic acid groups (broad SMARTS) is 6. The molecule has 0 spiro atoms. The van der Waals surface area contributed by atoms with E-state index in [1.165, 1.54) is 95.1 Å². The monoisotopic (exact) mass is 1980 g/mol. The van der Waals surface area contributed by atoms with Crippen LogP contribution in [0.25, 0.3) is 44.5 Å². The highest BCUT2D eigenvalue weighted by molar-refractivity contribution is 6.33. The Bertz CT molecular complexity index is 7500. The van der Waals surface area contributed by atoms with Crippen molar-refractivity contribution in [3.05, 3.63) is 493 Å². The molecule has 4 aliphatic rings. The molecule has 29 heteroatoms. The highest BCUT2D eigenvalue weighted by Crippen LogP contribution is 2.49. The Morgan fingerprint density at radius 3 is 1.03 bits per heavy atom. The molecule has 20 rings (SSSR count). The van der Waals surface area contributed by atoms with Crippen LogP contribution >= 0.6 is 11.6 Å². The van der Waals surface area contributed by atoms with Gasteiger partial charge >= 0.3 is 60.2 Å². The van der Waals surface area contributed by atoms with E-state index in [0.717, 1.165) is 66.8 Å². The summed E-state index contributed by atoms with van der Waals surface area (Å²) >= 11 is 5.78. The number of halogens is 1. The standard InChI is InChI=1S/2C23H19NO4.2C22H17NO4.C14H10ClNO3.C14H13NO3/c25-22(26)16-7-5-6-15(12-16)13-24-23(27)28-14-21-19-10-3-1-8-17(19)18-9-2-4-11-20(18)21;25-22(26)13-15-6-5-7-16(12-15)24-23(27)28-14-21-19-10-3-1-8-17(19)18-9-2-4-11-20(18)21;24-21(25)14-6-5-7-15(12-14)23-22(26)27-13-20-18-10-3-1-8-16(18)17-9-2-4-11-19(17)20;24-21(25)18-11-5-6-12-20(18)23-22(26)27-13-19-16-9-3-1-7-14(16)15-8-2-4-10-17(15)19;15-11-6-5-8(7-12(11)16)13(17)9-3-1-2-4-10(9)14(18)19;15-12-8-4-3-7-11(12)13(16)9-5-1-2-6-10(9)14(17)18/h2*1-12,21H,13-14H2,(H,24,27)(H,25,26);1-12,20H,13H2,(H,23,26)(H,24,25);1-12,19H,13H2,(H,23,26)(H,24,25);1-7H,16H2,(H,18,19);1-8,13,16H,15H2,(H,17,18)/t;;;;;13-/m.....0/s1. The van der Waals surface area contributed by atoms with Crippen LogP contribution in [0.4, 0.5) is 47.6 Å². The molecule has 0 aliphatic heterocycles. The fourth-order valence-electron chi connectivity index (χ4n) is 17.9. The van der Waals surface area contributed by atoms with Crippen LogP contribution in [0.3, 0.4) is 0 Å². The van der Waals surface area contributed by atoms with Gasteiger partial charge in [0, 0.05) is 64.0 Å². The van der Waals surface area contributed by atoms with Crippen LogP contribution in [-0.4, -0.2) is 128 Å². The van der Waals surface area contributed by atoms with Gasteiger partial charge in [-0.3, -0.25) is 25.5 Å². The van der Waals surface area contributed by atoms with Crippen molar-refractivity contribution in [2.75, 3.05) is 53.8 Å². The van der Waals surface area contributed by atoms with Crippen LogP contribution in [0.2, 0.25) is 5.02 Å². The molecule has 736 valence electrons. The molecule has 0 unspecified atom stereocenters. The molecule has 16 aromatic carbocycles. The molecule has 0 saturated carbocycles. The maximum absolute atomic E-state index is 12.3. The number of nitrogens with one attached hydrogen (secondary N) is 4. The predicted molar refractivity (Wildman–Crippen MR) is 557 cm³/mol. The minimum absolute atomic E-state index is 0.00325. The first-order valence-corrected chi connectivity index (χ1v) is 46.5. The Balaban J connectivity index is 0.000000133. The lowest BCUT2D eigenvalue weighted by atomic mass is 9.96. The van der Waals surface area contributed by atoms with Crippen molar-refractivity contribution in [2.45, 2.75) is 42.7 Å². The van der Waals surface area contributed by atoms with Gasteiger partial charge in [0.05, 0.1) is 50.6 Å². The molecule has 4 aliphatic carbocycles. The molecule has 15 N–H and O–H groups in total. The molecule has 28 nitrogen and oxygen atoms in total. The number of para-hydroxylation sites is 2. The molecule has 0 aromatic heterocycles. The zero-order valence-electron chi connectivity index (χ0n) is 78.3. The van der Waals surface area contributed by atoms with E-state index in [1.807, 2.05) is 109 Å². The number of aliphatic carboxylic acids is 1. The number of ether oxygens (including phenoxy) is 4. The Labute approximate surface area is 847 Å². The minimum atomic E-state index is -1.15. The van der Waals surface area contributed by atoms with Gasteiger partial charge in [-0.25, -0.2) is 43.2 Å². The lowest BCUT2D eigenvalue weighted by Gasteiger charge is -2.15. The fourth-order valence-corrected chi connectivity index (χ4v) is 18.0. The maximum Gasteiger partial charge on any atom is 0.411 e. The summed E-state index contributed by atoms with van der Waals surface area (Å²) < 4.78 is 21.9. The number of hydrogen-bond acceptors (Lipinski definition) is 18. The second-order valence-corrected chi connectivity index (χ2v) is 34.3. The smallest absolute Gasteiger partial charge is 0.411 e. The van der Waals surface area contributed by atoms with Crippen molar-refractivity contribution < 1.29 is 107 Å². The number of alkyl carbamates (subject to hydrolysis) is 1. The summed E-state index contributed by atoms with van der Waals surface area (Å²) in [5, 5.41) is 75.4. The van der Waals surface area contributed by atoms with E-state index < -0.39 is 72.1 Å². The highest BCUT2D eigenvalue weighted by atomic mass is 35.5. The van der Waals surface area contributed by atoms with Crippen molar-refractivity contribution in [2.24, 2.45) is 0 Å². The number of carbonyl (C=O) groups is 11. The lowest BCUT2D eigenvalue weighted by Crippen LogP contribution is -2.25. The van der Waals surface area contributed by atoms with E-state index in [2.05, 4.69) is 106 Å². The van der Waals surface area contributed by atoms with Gasteiger partial charge in [-0.05, 0) is 197 Å². The largest absolute Gasteiger partial charge is 0.481 e. The summed E-state index contributed by atoms with van der Waals surface area (Å²) in [6.07, 6.45) is -3.51. The number of amides is 4. The average molecular weight is 1980 g/mol. The summed E-state index contributed by atoms with van der Waals surface area (Å²) in [4.78, 5) is 127. The van der Waals surface area contributed by atoms with E-state index in [0.29, 0.717) is 49.9 Å². The SMILES string of the molecule is Nc1cc(C(=O)c2ccccc2C(=O)O)ccc1Cl.Nc1ccccc1[C@@H](O)c1ccccc1C(=O)O.O=C(NCc1cccc(C(=O)O)c1)OCC1c2ccccc2-c2ccccc21.O=C(Nc1cccc(C(=O)O)c1)OCC1c2ccccc2-c2ccccc21.O=C(Nc1ccccc1C(=O)O)OCC1c2ccccc2-c2ccccc21.O=C(O)Cc1cccc(NC(=O)OCC2c3ccccc3-c3ccccc32)c1. The van der Waals surface area contributed by atoms with Gasteiger partial charge in [-0.15, -0.1) is 0 Å². The third kappa shape index (κ3) is 25.1. The zero-order chi connectivity index (χ0) is 104. The summed E-state index contributed by atoms with van der Waals surface area (Å²) in [6, 6.07) is 114. The van der Waals surface area contributed by atoms with Gasteiger partial charge in [-0.2, -0.15) is 0 Å². The van der Waals surface area contributed by atoms with Crippen molar-refractivity contribution >= 4 is 106 Å². The summed E-state index contributed by atoms with van der Waals surface area (Å²) in [6.45, 7) is 1.06. The number of fused-ring (bicyclic) bond motifs is 12. The van der Waals surface area contributed by atoms with Gasteiger partial charge in [0.25, 0.3) is 0 Å². The number of aromatic carboxylic acids is 5. The fraction of sp³-hybridized carbons (Fsp3) is 0.0932. The van der Waals surface area contributed by atoms with Gasteiger partial charge in [0.2, 0.25) is 0 Å². The number of nitrogens with two attached hydrogens (primary N) is 2. The number of nitrogen functional groups attached to an aromatic ring is 2. The number of carboxylic acids is 6. The highest BCUT2D eigenvalue weighted by Gasteiger charge is 2.35. The zero-order valence-corrected chi connectivity index (χ0v) is 79.0. The first kappa shape index (κ1) is 102. The second kappa shape index (κ2) is 47.9. The molecule has 147 heavy (non-hydrogen) atoms. The Morgan fingerprint density at radius 1 is 0.286 bits per heavy atom. The van der Waals surface area contributed by atoms with Gasteiger partial charge in [0.1, 0.15) is 32.5 Å². The van der Waals surface area contributed by atoms with Crippen molar-refractivity contribution in [3.63, 3.8) is 0 Å². The molecule has 16 aromatic rings. The Kier molecular flexibility index (Phi) is 33.4. The van der Waals surface area contributed by atoms with Crippen molar-refractivity contribution in [1.29, 1.82) is 0 Å². The van der Waals surface area contributed by atoms with E-state index in [9.17, 15) is 63.0 Å². The van der Waals surface area contributed by atoms with Crippen LogP contribution in [-0.2, 0) is 36.7 Å². The number of rotatable bonds is 24. The summed E-state index contributed by atoms with van der Waals surface area (Å²) in [5.41, 5.74) is 34.6. The first-order valence-electron chi connectivity index (χ1n) is 46.1. The van der Waals surface area contributed by atoms with E-state index in [-0.39, 0.29) is 108 Å². The number of hydrogen-bond donors (Lipinski definition) is 13. The van der Waals surface area contributed by atoms with Crippen LogP contribution in [0, 0.1) is 0 Å². The van der Waals surface area contributed by atoms with Crippen molar-refractivity contribution in [1.82, 2.24) is 5.32 Å². The molecule has 0 heterocycles. The van der Waals surface area contributed by atoms with Crippen LogP contribution in [0.5, 0.6) is 0 Å². The predicted octanol–water partition coefficient (Wildman–Crippen LogP) is 23.5. The number of ketones is 1. The Morgan fingerprint density at radius 2 is 0.619 bits per heavy atom. The van der Waals surface area contributed by atoms with Gasteiger partial charge in [0.15, 0.2) is 5.78 Å². The van der Waals surface area contributed by atoms with Crippen LogP contribution in [0.15, 0.2) is 382 Å². The van der Waals surface area contributed by atoms with Gasteiger partial charge < -0.3 is 71.5 Å². The van der Waals surface area contributed by atoms with E-state index in [4.69, 9.17) is 67.5 Å². The normalized spacial score (nSPS) is 11.9. The third-order valence-corrected chi connectivity index (χ3v) is 25.0. The van der Waals surface area contributed by atoms with Crippen LogP contribution in [0.1, 0.15) is 164 Å². The number of aliphatic hydroxyl groups is 1. The molecule has 0 fully saturated rings. The number of benzene rings is 16. The molecule has 0 radical (unpaired) electrons. The number of carbonyl (C=O) groups excluding carboxylic acids is 5. The molecule has 4 amide bonds. The maximum atomic E-state index is 12.3.